The molecule has 0 aliphatic heterocycles. The van der Waals surface area contributed by atoms with E-state index in [1.807, 2.05) is 11.1 Å². The summed E-state index contributed by atoms with van der Waals surface area (Å²) in [5.74, 6) is 0. The summed E-state index contributed by atoms with van der Waals surface area (Å²) in [4.78, 5) is 1.95. The van der Waals surface area contributed by atoms with E-state index in [0.29, 0.717) is 15.0 Å². The van der Waals surface area contributed by atoms with Gasteiger partial charge in [-0.3, -0.25) is 0 Å². The normalized spacial score (nSPS) is 7.33. The molecule has 0 aromatic carbocycles. The molecule has 0 amide bonds. The molecule has 0 saturated carbocycles. The van der Waals surface area contributed by atoms with Crippen LogP contribution in [0.15, 0.2) is 24.2 Å². The molecule has 6 heavy (non-hydrogen) atoms. The van der Waals surface area contributed by atoms with Crippen LogP contribution in [-0.4, -0.2) is 15.0 Å². The zero-order valence-corrected chi connectivity index (χ0v) is 5.40. The van der Waals surface area contributed by atoms with Crippen molar-refractivity contribution in [2.45, 2.75) is 5.32 Å². The van der Waals surface area contributed by atoms with Crippen LogP contribution < -0.4 is 0 Å². The second kappa shape index (κ2) is 5.00. The maximum absolute atomic E-state index is 3.58. The second-order valence-corrected chi connectivity index (χ2v) is 2.89. The summed E-state index contributed by atoms with van der Waals surface area (Å²) in [5.41, 5.74) is 0. The van der Waals surface area contributed by atoms with Gasteiger partial charge in [0.15, 0.2) is 0 Å². The van der Waals surface area contributed by atoms with Crippen LogP contribution >= 0.6 is 0 Å². The van der Waals surface area contributed by atoms with Crippen LogP contribution in [0.4, 0.5) is 0 Å². The van der Waals surface area contributed by atoms with Crippen molar-refractivity contribution in [2.24, 2.45) is 0 Å². The van der Waals surface area contributed by atoms with Crippen molar-refractivity contribution in [3.8, 4) is 0 Å². The summed E-state index contributed by atoms with van der Waals surface area (Å²) in [7, 11) is 0. The van der Waals surface area contributed by atoms with Gasteiger partial charge in [0.25, 0.3) is 0 Å². The molecule has 0 atom stereocenters. The van der Waals surface area contributed by atoms with Gasteiger partial charge in [-0.25, -0.2) is 0 Å². The Balaban J connectivity index is 2.66. The van der Waals surface area contributed by atoms with Crippen molar-refractivity contribution < 1.29 is 0 Å². The fourth-order valence-electron chi connectivity index (χ4n) is 0.136. The van der Waals surface area contributed by atoms with Gasteiger partial charge in [-0.15, -0.1) is 0 Å². The Bertz CT molecular complexity index is 39.9. The predicted octanol–water partition coefficient (Wildman–Crippen LogP) is 1.44. The molecule has 0 nitrogen and oxygen atoms in total. The van der Waals surface area contributed by atoms with Crippen LogP contribution in [0.3, 0.4) is 0 Å². The molecule has 0 spiro atoms. The monoisotopic (exact) mass is 148 g/mol. The van der Waals surface area contributed by atoms with Crippen LogP contribution in [0.2, 0.25) is 5.32 Å². The Labute approximate surface area is 45.1 Å². The van der Waals surface area contributed by atoms with Gasteiger partial charge in [-0.2, -0.15) is 0 Å². The van der Waals surface area contributed by atoms with Crippen LogP contribution in [0.1, 0.15) is 0 Å². The molecule has 0 heterocycles. The topological polar surface area (TPSA) is 0 Å². The van der Waals surface area contributed by atoms with Crippen molar-refractivity contribution in [2.75, 3.05) is 0 Å². The molecule has 34 valence electrons. The quantitative estimate of drug-likeness (QED) is 0.322. The van der Waals surface area contributed by atoms with E-state index in [4.69, 9.17) is 0 Å². The van der Waals surface area contributed by atoms with Gasteiger partial charge in [0.05, 0.1) is 0 Å². The zero-order valence-electron chi connectivity index (χ0n) is 3.68. The van der Waals surface area contributed by atoms with E-state index < -0.39 is 0 Å². The van der Waals surface area contributed by atoms with E-state index in [2.05, 4.69) is 13.2 Å². The third kappa shape index (κ3) is 4.00. The van der Waals surface area contributed by atoms with Gasteiger partial charge in [-0.1, -0.05) is 0 Å². The third-order valence-corrected chi connectivity index (χ3v) is 1.72. The van der Waals surface area contributed by atoms with Crippen molar-refractivity contribution in [1.82, 2.24) is 0 Å². The van der Waals surface area contributed by atoms with Crippen molar-refractivity contribution in [3.05, 3.63) is 24.2 Å². The summed E-state index contributed by atoms with van der Waals surface area (Å²) in [6.45, 7) is 7.14. The van der Waals surface area contributed by atoms with Gasteiger partial charge in [0.1, 0.15) is 0 Å². The first-order valence-electron chi connectivity index (χ1n) is 1.75. The summed E-state index contributed by atoms with van der Waals surface area (Å²) in [6.07, 6.45) is 1.92. The molecular weight excluding hydrogens is 139 g/mol. The maximum atomic E-state index is 3.58. The van der Waals surface area contributed by atoms with E-state index in [1.165, 1.54) is 0 Å². The molecule has 0 aliphatic carbocycles. The minimum atomic E-state index is 0.613. The Hall–Kier alpha value is -0.000519. The Morgan fingerprint density at radius 3 is 2.33 bits per heavy atom. The Morgan fingerprint density at radius 1 is 1.50 bits per heavy atom. The predicted molar refractivity (Wildman–Crippen MR) is 31.0 cm³/mol. The second-order valence-electron chi connectivity index (χ2n) is 0.789. The summed E-state index contributed by atoms with van der Waals surface area (Å²) in [5, 5.41) is 1.12. The van der Waals surface area contributed by atoms with Crippen LogP contribution in [0.25, 0.3) is 0 Å². The molecule has 1 heteroatoms. The van der Waals surface area contributed by atoms with E-state index in [-0.39, 0.29) is 0 Å². The van der Waals surface area contributed by atoms with Gasteiger partial charge in [0.2, 0.25) is 0 Å². The molecule has 0 rings (SSSR count). The summed E-state index contributed by atoms with van der Waals surface area (Å²) >= 11 is 0.613. The number of allylic oxidation sites excluding steroid dienone is 1. The first-order chi connectivity index (χ1) is 2.91. The SMILES string of the molecule is C=CC[Se]C=C. The first kappa shape index (κ1) is 6.00. The van der Waals surface area contributed by atoms with Gasteiger partial charge >= 0.3 is 44.5 Å². The minimum absolute atomic E-state index is 0.613. The van der Waals surface area contributed by atoms with Crippen LogP contribution in [0, 0.1) is 0 Å². The van der Waals surface area contributed by atoms with Crippen molar-refractivity contribution in [3.63, 3.8) is 0 Å². The zero-order chi connectivity index (χ0) is 4.83. The fourth-order valence-corrected chi connectivity index (χ4v) is 0.707. The van der Waals surface area contributed by atoms with Gasteiger partial charge < -0.3 is 0 Å². The van der Waals surface area contributed by atoms with E-state index in [1.54, 1.807) is 0 Å². The third-order valence-electron chi connectivity index (χ3n) is 0.332. The Morgan fingerprint density at radius 2 is 2.17 bits per heavy atom. The molecule has 0 aliphatic rings. The van der Waals surface area contributed by atoms with E-state index in [0.717, 1.165) is 5.32 Å². The van der Waals surface area contributed by atoms with E-state index >= 15 is 0 Å². The van der Waals surface area contributed by atoms with E-state index in [9.17, 15) is 0 Å². The first-order valence-corrected chi connectivity index (χ1v) is 3.95. The average Bonchev–Trinajstić information content (AvgIpc) is 1.61. The molecule has 0 unspecified atom stereocenters. The van der Waals surface area contributed by atoms with Crippen molar-refractivity contribution in [1.29, 1.82) is 0 Å². The molecule has 0 aromatic heterocycles. The van der Waals surface area contributed by atoms with Crippen LogP contribution in [-0.2, 0) is 0 Å². The molecule has 0 bridgehead atoms. The number of hydrogen-bond donors (Lipinski definition) is 0. The van der Waals surface area contributed by atoms with Gasteiger partial charge in [-0.05, 0) is 0 Å². The molecule has 0 aromatic rings. The number of hydrogen-bond acceptors (Lipinski definition) is 0. The summed E-state index contributed by atoms with van der Waals surface area (Å²) < 4.78 is 0. The Kier molecular flexibility index (Phi) is 5.00. The molecule has 0 fully saturated rings. The molecule has 0 N–H and O–H groups in total. The standard InChI is InChI=1S/C5H8Se/c1-3-5-6-4-2/h3-4H,1-2,5H2. The molecular formula is C5H8Se. The van der Waals surface area contributed by atoms with Gasteiger partial charge in [0, 0.05) is 0 Å². The molecule has 0 radical (unpaired) electrons. The average molecular weight is 147 g/mol. The van der Waals surface area contributed by atoms with Crippen LogP contribution in [0.5, 0.6) is 0 Å². The molecule has 0 saturated heterocycles. The summed E-state index contributed by atoms with van der Waals surface area (Å²) in [6, 6.07) is 0. The number of rotatable bonds is 3. The van der Waals surface area contributed by atoms with Crippen molar-refractivity contribution >= 4 is 15.0 Å². The fraction of sp³-hybridized carbons (Fsp3) is 0.200.